The highest BCUT2D eigenvalue weighted by atomic mass is 32.1. The SMILES string of the molecule is Cc1ccccc1-c1nc(CC(=O)N2CCCC2)cs1. The highest BCUT2D eigenvalue weighted by Gasteiger charge is 2.19. The van der Waals surface area contributed by atoms with Gasteiger partial charge in [-0.15, -0.1) is 11.3 Å². The molecule has 104 valence electrons. The molecule has 0 aliphatic carbocycles. The zero-order chi connectivity index (χ0) is 13.9. The van der Waals surface area contributed by atoms with Crippen molar-refractivity contribution in [1.29, 1.82) is 0 Å². The molecule has 4 heteroatoms. The standard InChI is InChI=1S/C16H18N2OS/c1-12-6-2-3-7-14(12)16-17-13(11-20-16)10-15(19)18-8-4-5-9-18/h2-3,6-7,11H,4-5,8-10H2,1H3. The fraction of sp³-hybridized carbons (Fsp3) is 0.375. The van der Waals surface area contributed by atoms with E-state index in [2.05, 4.69) is 24.0 Å². The maximum absolute atomic E-state index is 12.1. The van der Waals surface area contributed by atoms with E-state index in [4.69, 9.17) is 0 Å². The van der Waals surface area contributed by atoms with Gasteiger partial charge >= 0.3 is 0 Å². The molecule has 2 heterocycles. The van der Waals surface area contributed by atoms with Crippen molar-refractivity contribution < 1.29 is 4.79 Å². The van der Waals surface area contributed by atoms with Crippen molar-refractivity contribution in [2.45, 2.75) is 26.2 Å². The minimum Gasteiger partial charge on any atom is -0.342 e. The molecule has 0 atom stereocenters. The van der Waals surface area contributed by atoms with Gasteiger partial charge in [-0.25, -0.2) is 4.98 Å². The van der Waals surface area contributed by atoms with Gasteiger partial charge in [-0.1, -0.05) is 24.3 Å². The van der Waals surface area contributed by atoms with Crippen LogP contribution in [0.3, 0.4) is 0 Å². The third-order valence-corrected chi connectivity index (χ3v) is 4.64. The number of hydrogen-bond donors (Lipinski definition) is 0. The molecule has 0 bridgehead atoms. The maximum Gasteiger partial charge on any atom is 0.228 e. The van der Waals surface area contributed by atoms with E-state index in [-0.39, 0.29) is 5.91 Å². The molecule has 0 spiro atoms. The second-order valence-corrected chi connectivity index (χ2v) is 6.08. The highest BCUT2D eigenvalue weighted by molar-refractivity contribution is 7.13. The van der Waals surface area contributed by atoms with E-state index < -0.39 is 0 Å². The van der Waals surface area contributed by atoms with Gasteiger partial charge in [0.1, 0.15) is 5.01 Å². The van der Waals surface area contributed by atoms with Crippen LogP contribution in [0, 0.1) is 6.92 Å². The third kappa shape index (κ3) is 2.75. The Labute approximate surface area is 123 Å². The summed E-state index contributed by atoms with van der Waals surface area (Å²) in [6, 6.07) is 8.23. The van der Waals surface area contributed by atoms with Gasteiger partial charge in [-0.3, -0.25) is 4.79 Å². The number of benzene rings is 1. The number of nitrogens with zero attached hydrogens (tertiary/aromatic N) is 2. The summed E-state index contributed by atoms with van der Waals surface area (Å²) in [4.78, 5) is 18.7. The molecule has 1 aliphatic rings. The minimum atomic E-state index is 0.212. The van der Waals surface area contributed by atoms with E-state index >= 15 is 0 Å². The molecule has 3 rings (SSSR count). The first-order valence-corrected chi connectivity index (χ1v) is 7.90. The summed E-state index contributed by atoms with van der Waals surface area (Å²) in [5, 5.41) is 3.02. The number of aryl methyl sites for hydroxylation is 1. The molecular formula is C16H18N2OS. The van der Waals surface area contributed by atoms with Gasteiger partial charge in [0.05, 0.1) is 12.1 Å². The van der Waals surface area contributed by atoms with E-state index in [1.807, 2.05) is 22.4 Å². The largest absolute Gasteiger partial charge is 0.342 e. The monoisotopic (exact) mass is 286 g/mol. The lowest BCUT2D eigenvalue weighted by Crippen LogP contribution is -2.29. The van der Waals surface area contributed by atoms with Crippen molar-refractivity contribution in [2.24, 2.45) is 0 Å². The lowest BCUT2D eigenvalue weighted by atomic mass is 10.1. The summed E-state index contributed by atoms with van der Waals surface area (Å²) < 4.78 is 0. The van der Waals surface area contributed by atoms with Crippen LogP contribution in [-0.4, -0.2) is 28.9 Å². The van der Waals surface area contributed by atoms with Crippen LogP contribution in [0.15, 0.2) is 29.6 Å². The predicted octanol–water partition coefficient (Wildman–Crippen LogP) is 3.28. The molecule has 3 nitrogen and oxygen atoms in total. The van der Waals surface area contributed by atoms with Gasteiger partial charge in [-0.05, 0) is 25.3 Å². The smallest absolute Gasteiger partial charge is 0.228 e. The fourth-order valence-corrected chi connectivity index (χ4v) is 3.47. The van der Waals surface area contributed by atoms with Gasteiger partial charge < -0.3 is 4.90 Å². The topological polar surface area (TPSA) is 33.2 Å². The Morgan fingerprint density at radius 3 is 2.80 bits per heavy atom. The average molecular weight is 286 g/mol. The Bertz CT molecular complexity index is 614. The number of likely N-dealkylation sites (tertiary alicyclic amines) is 1. The van der Waals surface area contributed by atoms with Crippen molar-refractivity contribution in [3.63, 3.8) is 0 Å². The van der Waals surface area contributed by atoms with E-state index in [0.717, 1.165) is 42.2 Å². The molecule has 1 amide bonds. The van der Waals surface area contributed by atoms with Crippen molar-refractivity contribution in [3.05, 3.63) is 40.9 Å². The van der Waals surface area contributed by atoms with Crippen LogP contribution in [0.2, 0.25) is 0 Å². The molecule has 0 radical (unpaired) electrons. The number of rotatable bonds is 3. The van der Waals surface area contributed by atoms with Crippen LogP contribution in [-0.2, 0) is 11.2 Å². The predicted molar refractivity (Wildman–Crippen MR) is 81.8 cm³/mol. The lowest BCUT2D eigenvalue weighted by molar-refractivity contribution is -0.129. The Balaban J connectivity index is 1.74. The number of thiazole rings is 1. The number of aromatic nitrogens is 1. The fourth-order valence-electron chi connectivity index (χ4n) is 2.56. The van der Waals surface area contributed by atoms with E-state index in [1.165, 1.54) is 5.56 Å². The summed E-state index contributed by atoms with van der Waals surface area (Å²) in [5.41, 5.74) is 3.28. The first kappa shape index (κ1) is 13.3. The quantitative estimate of drug-likeness (QED) is 0.867. The lowest BCUT2D eigenvalue weighted by Gasteiger charge is -2.13. The Hall–Kier alpha value is -1.68. The molecule has 1 aromatic heterocycles. The number of carbonyl (C=O) groups is 1. The van der Waals surface area contributed by atoms with Crippen LogP contribution >= 0.6 is 11.3 Å². The second kappa shape index (κ2) is 5.75. The van der Waals surface area contributed by atoms with Crippen molar-refractivity contribution in [3.8, 4) is 10.6 Å². The van der Waals surface area contributed by atoms with Gasteiger partial charge in [-0.2, -0.15) is 0 Å². The summed E-state index contributed by atoms with van der Waals surface area (Å²) in [7, 11) is 0. The highest BCUT2D eigenvalue weighted by Crippen LogP contribution is 2.26. The number of hydrogen-bond acceptors (Lipinski definition) is 3. The van der Waals surface area contributed by atoms with Crippen LogP contribution < -0.4 is 0 Å². The average Bonchev–Trinajstić information content (AvgIpc) is 3.10. The summed E-state index contributed by atoms with van der Waals surface area (Å²) in [6.07, 6.45) is 2.71. The van der Waals surface area contributed by atoms with E-state index in [0.29, 0.717) is 6.42 Å². The maximum atomic E-state index is 12.1. The second-order valence-electron chi connectivity index (χ2n) is 5.22. The van der Waals surface area contributed by atoms with E-state index in [1.54, 1.807) is 11.3 Å². The normalized spacial score (nSPS) is 14.8. The van der Waals surface area contributed by atoms with Crippen molar-refractivity contribution >= 4 is 17.2 Å². The first-order chi connectivity index (χ1) is 9.74. The number of carbonyl (C=O) groups excluding carboxylic acids is 1. The van der Waals surface area contributed by atoms with Crippen molar-refractivity contribution in [2.75, 3.05) is 13.1 Å². The molecule has 1 aliphatic heterocycles. The van der Waals surface area contributed by atoms with Crippen LogP contribution in [0.5, 0.6) is 0 Å². The minimum absolute atomic E-state index is 0.212. The zero-order valence-electron chi connectivity index (χ0n) is 11.6. The van der Waals surface area contributed by atoms with Crippen LogP contribution in [0.4, 0.5) is 0 Å². The van der Waals surface area contributed by atoms with Gasteiger partial charge in [0, 0.05) is 24.0 Å². The number of amides is 1. The Kier molecular flexibility index (Phi) is 3.83. The molecule has 1 fully saturated rings. The Morgan fingerprint density at radius 2 is 2.05 bits per heavy atom. The third-order valence-electron chi connectivity index (χ3n) is 3.72. The first-order valence-electron chi connectivity index (χ1n) is 7.02. The molecule has 0 unspecified atom stereocenters. The van der Waals surface area contributed by atoms with Crippen molar-refractivity contribution in [1.82, 2.24) is 9.88 Å². The van der Waals surface area contributed by atoms with E-state index in [9.17, 15) is 4.79 Å². The molecule has 1 aromatic carbocycles. The summed E-state index contributed by atoms with van der Waals surface area (Å²) in [5.74, 6) is 0.212. The molecule has 0 saturated carbocycles. The summed E-state index contributed by atoms with van der Waals surface area (Å²) >= 11 is 1.62. The van der Waals surface area contributed by atoms with Gasteiger partial charge in [0.25, 0.3) is 0 Å². The molecular weight excluding hydrogens is 268 g/mol. The molecule has 0 N–H and O–H groups in total. The van der Waals surface area contributed by atoms with Gasteiger partial charge in [0.2, 0.25) is 5.91 Å². The molecule has 2 aromatic rings. The summed E-state index contributed by atoms with van der Waals surface area (Å²) in [6.45, 7) is 3.91. The van der Waals surface area contributed by atoms with Crippen LogP contribution in [0.1, 0.15) is 24.1 Å². The Morgan fingerprint density at radius 1 is 1.30 bits per heavy atom. The molecule has 20 heavy (non-hydrogen) atoms. The van der Waals surface area contributed by atoms with Crippen LogP contribution in [0.25, 0.3) is 10.6 Å². The molecule has 1 saturated heterocycles. The zero-order valence-corrected chi connectivity index (χ0v) is 12.4. The van der Waals surface area contributed by atoms with Gasteiger partial charge in [0.15, 0.2) is 0 Å².